The highest BCUT2D eigenvalue weighted by Gasteiger charge is 2.26. The number of allylic oxidation sites excluding steroid dienone is 1. The summed E-state index contributed by atoms with van der Waals surface area (Å²) in [5, 5.41) is 22.3. The Morgan fingerprint density at radius 3 is 2.96 bits per heavy atom. The maximum absolute atomic E-state index is 10.6. The zero-order chi connectivity index (χ0) is 18.4. The van der Waals surface area contributed by atoms with Gasteiger partial charge in [-0.25, -0.2) is 0 Å². The first-order chi connectivity index (χ1) is 11.8. The molecule has 1 aliphatic rings. The van der Waals surface area contributed by atoms with Crippen molar-refractivity contribution in [3.05, 3.63) is 14.9 Å². The number of carboxylic acid groups (broad SMARTS) is 1. The van der Waals surface area contributed by atoms with E-state index in [1.165, 1.54) is 11.3 Å². The van der Waals surface area contributed by atoms with Crippen molar-refractivity contribution in [1.82, 2.24) is 9.88 Å². The van der Waals surface area contributed by atoms with Gasteiger partial charge >= 0.3 is 5.97 Å². The van der Waals surface area contributed by atoms with Gasteiger partial charge in [0.25, 0.3) is 0 Å². The Bertz CT molecular complexity index is 669. The van der Waals surface area contributed by atoms with Crippen LogP contribution in [0.4, 0.5) is 0 Å². The predicted molar refractivity (Wildman–Crippen MR) is 101 cm³/mol. The third-order valence-electron chi connectivity index (χ3n) is 4.01. The molecule has 0 aliphatic carbocycles. The molecule has 0 amide bonds. The van der Waals surface area contributed by atoms with Crippen LogP contribution in [0.25, 0.3) is 6.08 Å². The van der Waals surface area contributed by atoms with Gasteiger partial charge in [0, 0.05) is 24.9 Å². The van der Waals surface area contributed by atoms with E-state index < -0.39 is 5.97 Å². The van der Waals surface area contributed by atoms with E-state index in [4.69, 9.17) is 22.1 Å². The minimum Gasteiger partial charge on any atom is -0.493 e. The van der Waals surface area contributed by atoms with E-state index >= 15 is 0 Å². The molecule has 1 aromatic rings. The minimum absolute atomic E-state index is 0.0629. The van der Waals surface area contributed by atoms with Gasteiger partial charge in [0.2, 0.25) is 5.88 Å². The van der Waals surface area contributed by atoms with Crippen molar-refractivity contribution in [3.8, 4) is 5.88 Å². The number of aliphatic carboxylic acids is 1. The van der Waals surface area contributed by atoms with Gasteiger partial charge in [-0.3, -0.25) is 14.7 Å². The molecular formula is C17H26N2O4S2. The van der Waals surface area contributed by atoms with Crippen molar-refractivity contribution in [2.24, 2.45) is 5.41 Å². The van der Waals surface area contributed by atoms with E-state index in [0.717, 1.165) is 26.0 Å². The molecule has 0 bridgehead atoms. The van der Waals surface area contributed by atoms with Gasteiger partial charge in [-0.1, -0.05) is 19.9 Å². The molecule has 0 radical (unpaired) electrons. The molecule has 0 saturated carbocycles. The molecule has 1 unspecified atom stereocenters. The summed E-state index contributed by atoms with van der Waals surface area (Å²) in [7, 11) is 0. The standard InChI is InChI=1S/C17H26N2O4S2/c1-17(2)10-18-13(23-11-17)7-4-3-6-12-15(22)19(16(24)25-12)9-5-8-14(20)21/h3,6,13,18,22H,4-5,7-11H2,1-2H3,(H,20,21). The molecule has 0 spiro atoms. The Labute approximate surface area is 157 Å². The van der Waals surface area contributed by atoms with Gasteiger partial charge in [-0.05, 0) is 37.6 Å². The van der Waals surface area contributed by atoms with Crippen molar-refractivity contribution in [2.75, 3.05) is 13.2 Å². The fourth-order valence-corrected chi connectivity index (χ4v) is 3.85. The summed E-state index contributed by atoms with van der Waals surface area (Å²) < 4.78 is 7.95. The molecule has 3 N–H and O–H groups in total. The highest BCUT2D eigenvalue weighted by atomic mass is 32.1. The largest absolute Gasteiger partial charge is 0.493 e. The lowest BCUT2D eigenvalue weighted by Crippen LogP contribution is -2.47. The smallest absolute Gasteiger partial charge is 0.303 e. The van der Waals surface area contributed by atoms with E-state index in [2.05, 4.69) is 19.2 Å². The SMILES string of the molecule is CC1(C)CNC(CCC=Cc2sc(=S)n(CCCC(=O)O)c2O)OC1. The van der Waals surface area contributed by atoms with E-state index in [1.54, 1.807) is 4.57 Å². The lowest BCUT2D eigenvalue weighted by atomic mass is 9.93. The number of carbonyl (C=O) groups is 1. The van der Waals surface area contributed by atoms with Crippen LogP contribution in [0.2, 0.25) is 0 Å². The highest BCUT2D eigenvalue weighted by Crippen LogP contribution is 2.28. The molecule has 1 fully saturated rings. The maximum Gasteiger partial charge on any atom is 0.303 e. The Kier molecular flexibility index (Phi) is 7.18. The second-order valence-electron chi connectivity index (χ2n) is 7.03. The van der Waals surface area contributed by atoms with Gasteiger partial charge in [-0.2, -0.15) is 0 Å². The zero-order valence-electron chi connectivity index (χ0n) is 14.7. The number of aromatic hydroxyl groups is 1. The van der Waals surface area contributed by atoms with Crippen LogP contribution < -0.4 is 5.32 Å². The Balaban J connectivity index is 1.83. The van der Waals surface area contributed by atoms with Gasteiger partial charge in [-0.15, -0.1) is 11.3 Å². The lowest BCUT2D eigenvalue weighted by molar-refractivity contribution is -0.137. The Hall–Kier alpha value is -1.22. The summed E-state index contributed by atoms with van der Waals surface area (Å²) >= 11 is 6.58. The Morgan fingerprint density at radius 2 is 2.32 bits per heavy atom. The average molecular weight is 387 g/mol. The molecular weight excluding hydrogens is 360 g/mol. The summed E-state index contributed by atoms with van der Waals surface area (Å²) in [6.45, 7) is 6.47. The van der Waals surface area contributed by atoms with Crippen LogP contribution >= 0.6 is 23.6 Å². The Morgan fingerprint density at radius 1 is 1.56 bits per heavy atom. The number of hydrogen-bond donors (Lipinski definition) is 3. The van der Waals surface area contributed by atoms with Crippen LogP contribution in [-0.2, 0) is 16.1 Å². The van der Waals surface area contributed by atoms with E-state index in [0.29, 0.717) is 21.8 Å². The molecule has 25 heavy (non-hydrogen) atoms. The number of aromatic nitrogens is 1. The molecule has 8 heteroatoms. The fourth-order valence-electron chi connectivity index (χ4n) is 2.56. The number of rotatable bonds is 8. The summed E-state index contributed by atoms with van der Waals surface area (Å²) in [5.74, 6) is -0.728. The summed E-state index contributed by atoms with van der Waals surface area (Å²) in [5.41, 5.74) is 0.184. The van der Waals surface area contributed by atoms with E-state index in [1.807, 2.05) is 12.2 Å². The molecule has 1 atom stereocenters. The monoisotopic (exact) mass is 386 g/mol. The normalized spacial score (nSPS) is 20.2. The highest BCUT2D eigenvalue weighted by molar-refractivity contribution is 7.73. The van der Waals surface area contributed by atoms with E-state index in [-0.39, 0.29) is 23.9 Å². The second-order valence-corrected chi connectivity index (χ2v) is 8.71. The number of carboxylic acids is 1. The zero-order valence-corrected chi connectivity index (χ0v) is 16.3. The second kappa shape index (κ2) is 8.93. The lowest BCUT2D eigenvalue weighted by Gasteiger charge is -2.35. The molecule has 1 aromatic heterocycles. The number of hydrogen-bond acceptors (Lipinski definition) is 6. The first kappa shape index (κ1) is 20.1. The van der Waals surface area contributed by atoms with Crippen molar-refractivity contribution in [2.45, 2.75) is 52.3 Å². The molecule has 2 rings (SSSR count). The van der Waals surface area contributed by atoms with Gasteiger partial charge in [0.1, 0.15) is 6.23 Å². The number of nitrogens with one attached hydrogen (secondary N) is 1. The fraction of sp³-hybridized carbons (Fsp3) is 0.647. The van der Waals surface area contributed by atoms with Crippen LogP contribution in [0.5, 0.6) is 5.88 Å². The van der Waals surface area contributed by atoms with Gasteiger partial charge < -0.3 is 14.9 Å². The summed E-state index contributed by atoms with van der Waals surface area (Å²) in [6, 6.07) is 0. The molecule has 6 nitrogen and oxygen atoms in total. The number of nitrogens with zero attached hydrogens (tertiary/aromatic N) is 1. The third-order valence-corrected chi connectivity index (χ3v) is 5.42. The van der Waals surface area contributed by atoms with E-state index in [9.17, 15) is 9.90 Å². The van der Waals surface area contributed by atoms with Crippen LogP contribution in [0.1, 0.15) is 44.4 Å². The average Bonchev–Trinajstić information content (AvgIpc) is 2.80. The van der Waals surface area contributed by atoms with Crippen LogP contribution in [0.15, 0.2) is 6.08 Å². The topological polar surface area (TPSA) is 83.7 Å². The quantitative estimate of drug-likeness (QED) is 0.592. The van der Waals surface area contributed by atoms with Gasteiger partial charge in [0.05, 0.1) is 11.5 Å². The van der Waals surface area contributed by atoms with Crippen molar-refractivity contribution in [3.63, 3.8) is 0 Å². The van der Waals surface area contributed by atoms with Crippen molar-refractivity contribution >= 4 is 35.6 Å². The number of ether oxygens (including phenoxy) is 1. The molecule has 2 heterocycles. The molecule has 1 saturated heterocycles. The predicted octanol–water partition coefficient (Wildman–Crippen LogP) is 3.61. The third kappa shape index (κ3) is 6.22. The van der Waals surface area contributed by atoms with Crippen LogP contribution in [-0.4, -0.2) is 40.1 Å². The molecule has 0 aromatic carbocycles. The number of thiazole rings is 1. The minimum atomic E-state index is -0.844. The van der Waals surface area contributed by atoms with Crippen LogP contribution in [0, 0.1) is 9.37 Å². The summed E-state index contributed by atoms with van der Waals surface area (Å²) in [4.78, 5) is 11.3. The molecule has 1 aliphatic heterocycles. The van der Waals surface area contributed by atoms with Crippen molar-refractivity contribution in [1.29, 1.82) is 0 Å². The maximum atomic E-state index is 10.6. The molecule has 140 valence electrons. The van der Waals surface area contributed by atoms with Crippen molar-refractivity contribution < 1.29 is 19.7 Å². The first-order valence-corrected chi connectivity index (χ1v) is 9.67. The first-order valence-electron chi connectivity index (χ1n) is 8.44. The van der Waals surface area contributed by atoms with Gasteiger partial charge in [0.15, 0.2) is 3.95 Å². The van der Waals surface area contributed by atoms with Crippen LogP contribution in [0.3, 0.4) is 0 Å². The summed E-state index contributed by atoms with van der Waals surface area (Å²) in [6.07, 6.45) is 6.17.